The number of aromatic carboxylic acids is 1. The van der Waals surface area contributed by atoms with Gasteiger partial charge in [-0.2, -0.15) is 0 Å². The van der Waals surface area contributed by atoms with Gasteiger partial charge in [-0.15, -0.1) is 0 Å². The number of phenols is 1. The molecule has 0 bridgehead atoms. The molecule has 7 rings (SSSR count). The highest BCUT2D eigenvalue weighted by Crippen LogP contribution is 2.50. The number of carbonyl (C=O) groups excluding carboxylic acids is 1. The SMILES string of the molecule is Cc1cc2cc(C(=O)O)cc(OC3OC(CO)C4(CCC5CCCC6COCC(CSSCO4)C56)C(O)C3O)c2c(O)c1C(=O)CCc1ccccc1. The molecule has 1 aliphatic carbocycles. The fourth-order valence-corrected chi connectivity index (χ4v) is 11.3. The molecule has 0 amide bonds. The number of aliphatic hydroxyl groups is 3. The Morgan fingerprint density at radius 3 is 2.55 bits per heavy atom. The van der Waals surface area contributed by atoms with Crippen molar-refractivity contribution in [2.45, 2.75) is 82.1 Å². The minimum atomic E-state index is -1.68. The highest BCUT2D eigenvalue weighted by molar-refractivity contribution is 8.76. The van der Waals surface area contributed by atoms with Crippen LogP contribution >= 0.6 is 21.6 Å². The Balaban J connectivity index is 1.18. The maximum atomic E-state index is 13.5. The summed E-state index contributed by atoms with van der Waals surface area (Å²) in [5, 5.41) is 56.4. The largest absolute Gasteiger partial charge is 0.506 e. The monoisotopic (exact) mass is 768 g/mol. The molecule has 9 unspecified atom stereocenters. The summed E-state index contributed by atoms with van der Waals surface area (Å²) in [6.45, 7) is 2.62. The highest BCUT2D eigenvalue weighted by Gasteiger charge is 2.58. The number of carboxylic acids is 1. The normalized spacial score (nSPS) is 32.1. The van der Waals surface area contributed by atoms with Crippen molar-refractivity contribution in [3.05, 3.63) is 70.8 Å². The Hall–Kier alpha value is -2.88. The van der Waals surface area contributed by atoms with Crippen molar-refractivity contribution in [3.63, 3.8) is 0 Å². The van der Waals surface area contributed by atoms with Gasteiger partial charge in [-0.25, -0.2) is 4.79 Å². The van der Waals surface area contributed by atoms with Gasteiger partial charge in [-0.05, 0) is 84.9 Å². The first-order valence-electron chi connectivity index (χ1n) is 18.5. The summed E-state index contributed by atoms with van der Waals surface area (Å²) in [6.07, 6.45) is -1.02. The van der Waals surface area contributed by atoms with Gasteiger partial charge in [-0.3, -0.25) is 4.79 Å². The summed E-state index contributed by atoms with van der Waals surface area (Å²) in [6, 6.07) is 13.7. The number of benzene rings is 3. The van der Waals surface area contributed by atoms with Gasteiger partial charge in [0.25, 0.3) is 0 Å². The first-order valence-corrected chi connectivity index (χ1v) is 21.0. The number of aromatic hydroxyl groups is 1. The average Bonchev–Trinajstić information content (AvgIpc) is 3.19. The van der Waals surface area contributed by atoms with Crippen LogP contribution in [0.1, 0.15) is 70.4 Å². The van der Waals surface area contributed by atoms with Crippen molar-refractivity contribution in [3.8, 4) is 11.5 Å². The van der Waals surface area contributed by atoms with Crippen molar-refractivity contribution in [1.29, 1.82) is 0 Å². The summed E-state index contributed by atoms with van der Waals surface area (Å²) >= 11 is 0. The number of ether oxygens (including phenoxy) is 4. The quantitative estimate of drug-likeness (QED) is 0.139. The van der Waals surface area contributed by atoms with E-state index in [1.807, 2.05) is 30.3 Å². The van der Waals surface area contributed by atoms with E-state index >= 15 is 0 Å². The van der Waals surface area contributed by atoms with Crippen LogP contribution in [-0.2, 0) is 20.6 Å². The van der Waals surface area contributed by atoms with Crippen molar-refractivity contribution in [2.75, 3.05) is 31.5 Å². The van der Waals surface area contributed by atoms with Crippen LogP contribution in [0.15, 0.2) is 48.5 Å². The van der Waals surface area contributed by atoms with Crippen molar-refractivity contribution >= 4 is 44.1 Å². The third kappa shape index (κ3) is 7.69. The third-order valence-corrected chi connectivity index (χ3v) is 14.0. The number of ketones is 1. The van der Waals surface area contributed by atoms with E-state index in [1.54, 1.807) is 23.8 Å². The number of fused-ring (bicyclic) bond motifs is 1. The fraction of sp³-hybridized carbons (Fsp3) is 0.550. The zero-order valence-corrected chi connectivity index (χ0v) is 31.4. The lowest BCUT2D eigenvalue weighted by Crippen LogP contribution is -2.69. The van der Waals surface area contributed by atoms with Crippen LogP contribution in [0.25, 0.3) is 10.8 Å². The number of Topliss-reactive ketones (excluding diaryl/α,β-unsaturated/α-hetero) is 1. The van der Waals surface area contributed by atoms with Gasteiger partial charge in [0.1, 0.15) is 41.4 Å². The zero-order valence-electron chi connectivity index (χ0n) is 29.7. The smallest absolute Gasteiger partial charge is 0.335 e. The molecule has 53 heavy (non-hydrogen) atoms. The predicted molar refractivity (Wildman–Crippen MR) is 201 cm³/mol. The molecule has 3 aromatic rings. The molecule has 5 N–H and O–H groups in total. The van der Waals surface area contributed by atoms with Crippen LogP contribution in [0.3, 0.4) is 0 Å². The lowest BCUT2D eigenvalue weighted by molar-refractivity contribution is -0.322. The number of aliphatic hydroxyl groups excluding tert-OH is 3. The molecule has 286 valence electrons. The first-order chi connectivity index (χ1) is 25.6. The molecule has 0 aromatic heterocycles. The van der Waals surface area contributed by atoms with E-state index in [0.717, 1.165) is 43.8 Å². The van der Waals surface area contributed by atoms with Gasteiger partial charge in [0, 0.05) is 18.8 Å². The van der Waals surface area contributed by atoms with Crippen molar-refractivity contribution in [1.82, 2.24) is 0 Å². The minimum Gasteiger partial charge on any atom is -0.506 e. The Labute approximate surface area is 316 Å². The van der Waals surface area contributed by atoms with Gasteiger partial charge < -0.3 is 44.5 Å². The van der Waals surface area contributed by atoms with Gasteiger partial charge in [0.2, 0.25) is 6.29 Å². The predicted octanol–water partition coefficient (Wildman–Crippen LogP) is 5.75. The molecule has 1 spiro atoms. The van der Waals surface area contributed by atoms with Gasteiger partial charge in [0.15, 0.2) is 5.78 Å². The summed E-state index contributed by atoms with van der Waals surface area (Å²) in [4.78, 5) is 25.8. The van der Waals surface area contributed by atoms with E-state index in [4.69, 9.17) is 18.9 Å². The van der Waals surface area contributed by atoms with Crippen molar-refractivity contribution in [2.24, 2.45) is 23.7 Å². The molecule has 3 aromatic carbocycles. The van der Waals surface area contributed by atoms with Crippen LogP contribution in [0.2, 0.25) is 0 Å². The Morgan fingerprint density at radius 2 is 1.77 bits per heavy atom. The van der Waals surface area contributed by atoms with E-state index in [9.17, 15) is 35.1 Å². The third-order valence-electron chi connectivity index (χ3n) is 11.8. The molecule has 13 heteroatoms. The number of carbonyl (C=O) groups is 2. The molecule has 4 aliphatic rings. The molecule has 3 heterocycles. The Kier molecular flexibility index (Phi) is 11.9. The Bertz CT molecular complexity index is 1780. The Morgan fingerprint density at radius 1 is 1.00 bits per heavy atom. The summed E-state index contributed by atoms with van der Waals surface area (Å²) in [5.41, 5.74) is -0.104. The second-order valence-corrected chi connectivity index (χ2v) is 17.4. The first kappa shape index (κ1) is 38.4. The molecule has 0 radical (unpaired) electrons. The summed E-state index contributed by atoms with van der Waals surface area (Å²) < 4.78 is 24.9. The number of rotatable bonds is 8. The minimum absolute atomic E-state index is 0.0623. The van der Waals surface area contributed by atoms with E-state index in [-0.39, 0.29) is 46.2 Å². The molecule has 4 fully saturated rings. The van der Waals surface area contributed by atoms with Gasteiger partial charge >= 0.3 is 5.97 Å². The topological polar surface area (TPSA) is 172 Å². The second-order valence-electron chi connectivity index (χ2n) is 14.9. The lowest BCUT2D eigenvalue weighted by Gasteiger charge is -2.51. The molecule has 9 atom stereocenters. The van der Waals surface area contributed by atoms with E-state index < -0.39 is 42.8 Å². The van der Waals surface area contributed by atoms with Crippen LogP contribution in [-0.4, -0.2) is 99.0 Å². The van der Waals surface area contributed by atoms with Crippen molar-refractivity contribution < 1.29 is 54.1 Å². The number of phenolic OH excluding ortho intramolecular Hbond substituents is 1. The molecule has 3 saturated heterocycles. The lowest BCUT2D eigenvalue weighted by atomic mass is 9.63. The second kappa shape index (κ2) is 16.5. The summed E-state index contributed by atoms with van der Waals surface area (Å²) in [5.74, 6) is 0.763. The van der Waals surface area contributed by atoms with E-state index in [1.165, 1.54) is 22.9 Å². The van der Waals surface area contributed by atoms with E-state index in [2.05, 4.69) is 0 Å². The van der Waals surface area contributed by atoms with Crippen LogP contribution in [0.5, 0.6) is 11.5 Å². The maximum absolute atomic E-state index is 13.5. The van der Waals surface area contributed by atoms with Gasteiger partial charge in [-0.1, -0.05) is 70.8 Å². The molecule has 3 aliphatic heterocycles. The van der Waals surface area contributed by atoms with Crippen LogP contribution in [0, 0.1) is 30.6 Å². The molecule has 11 nitrogen and oxygen atoms in total. The molecule has 1 saturated carbocycles. The zero-order chi connectivity index (χ0) is 37.3. The van der Waals surface area contributed by atoms with E-state index in [0.29, 0.717) is 53.9 Å². The summed E-state index contributed by atoms with van der Waals surface area (Å²) in [7, 11) is 3.21. The average molecular weight is 769 g/mol. The number of hydrogen-bond donors (Lipinski definition) is 5. The fourth-order valence-electron chi connectivity index (χ4n) is 9.25. The number of hydrogen-bond acceptors (Lipinski definition) is 12. The van der Waals surface area contributed by atoms with Crippen LogP contribution < -0.4 is 4.74 Å². The van der Waals surface area contributed by atoms with Gasteiger partial charge in [0.05, 0.1) is 29.7 Å². The molecular formula is C40H48O11S2. The standard InChI is InChI=1S/C40H48O11S2/c1-22-14-26-15-27(38(46)47)16-30(34(26)35(43)32(22)29(42)11-10-23-6-3-2-4-7-23)50-39-36(44)37(45)40(31(17-41)51-39)13-12-24-8-5-9-25-18-48-19-28(33(24)25)20-52-53-21-49-40/h2-4,6-7,14-16,24-25,28,31,33,36-37,39,41,43-45H,5,8-13,17-21H2,1H3,(H,46,47). The molecular weight excluding hydrogens is 721 g/mol. The highest BCUT2D eigenvalue weighted by atomic mass is 33.1. The van der Waals surface area contributed by atoms with Crippen LogP contribution in [0.4, 0.5) is 0 Å². The number of carboxylic acid groups (broad SMARTS) is 1. The number of aryl methyl sites for hydroxylation is 2. The maximum Gasteiger partial charge on any atom is 0.335 e.